The third-order valence-electron chi connectivity index (χ3n) is 4.15. The van der Waals surface area contributed by atoms with Gasteiger partial charge in [0.1, 0.15) is 11.5 Å². The first-order chi connectivity index (χ1) is 14.7. The van der Waals surface area contributed by atoms with Crippen molar-refractivity contribution in [2.45, 2.75) is 6.18 Å². The molecule has 4 nitrogen and oxygen atoms in total. The minimum Gasteiger partial charge on any atom is -0.457 e. The van der Waals surface area contributed by atoms with Crippen molar-refractivity contribution in [2.24, 2.45) is 4.99 Å². The molecule has 1 aromatic heterocycles. The Morgan fingerprint density at radius 2 is 1.81 bits per heavy atom. The molecule has 2 aromatic carbocycles. The van der Waals surface area contributed by atoms with Crippen LogP contribution >= 0.6 is 35.0 Å². The molecule has 1 N–H and O–H groups in total. The van der Waals surface area contributed by atoms with Crippen molar-refractivity contribution >= 4 is 57.8 Å². The minimum absolute atomic E-state index is 0.0192. The van der Waals surface area contributed by atoms with Crippen LogP contribution in [-0.2, 0) is 11.0 Å². The zero-order valence-electron chi connectivity index (χ0n) is 15.3. The number of alkyl halides is 3. The zero-order valence-corrected chi connectivity index (χ0v) is 17.7. The predicted octanol–water partition coefficient (Wildman–Crippen LogP) is 7.16. The molecule has 1 aliphatic heterocycles. The van der Waals surface area contributed by atoms with E-state index in [2.05, 4.69) is 10.3 Å². The van der Waals surface area contributed by atoms with Gasteiger partial charge in [-0.25, -0.2) is 4.99 Å². The van der Waals surface area contributed by atoms with E-state index in [-0.39, 0.29) is 20.8 Å². The molecule has 158 valence electrons. The van der Waals surface area contributed by atoms with E-state index >= 15 is 0 Å². The van der Waals surface area contributed by atoms with Gasteiger partial charge in [-0.1, -0.05) is 35.3 Å². The number of nitrogens with zero attached hydrogens (tertiary/aromatic N) is 1. The lowest BCUT2D eigenvalue weighted by molar-refractivity contribution is -0.137. The number of carbonyl (C=O) groups excluding carboxylic acids is 1. The number of furan rings is 1. The summed E-state index contributed by atoms with van der Waals surface area (Å²) in [5.74, 6) is 0.464. The lowest BCUT2D eigenvalue weighted by Crippen LogP contribution is -2.19. The summed E-state index contributed by atoms with van der Waals surface area (Å²) in [7, 11) is 0. The van der Waals surface area contributed by atoms with E-state index in [1.165, 1.54) is 12.1 Å². The van der Waals surface area contributed by atoms with Crippen LogP contribution in [0.1, 0.15) is 11.3 Å². The van der Waals surface area contributed by atoms with Crippen LogP contribution < -0.4 is 5.32 Å². The molecule has 10 heteroatoms. The van der Waals surface area contributed by atoms with Gasteiger partial charge >= 0.3 is 6.18 Å². The summed E-state index contributed by atoms with van der Waals surface area (Å²) in [4.78, 5) is 16.4. The van der Waals surface area contributed by atoms with E-state index in [0.717, 1.165) is 29.5 Å². The van der Waals surface area contributed by atoms with Gasteiger partial charge in [0, 0.05) is 21.7 Å². The lowest BCUT2D eigenvalue weighted by atomic mass is 10.2. The van der Waals surface area contributed by atoms with Crippen LogP contribution in [0.15, 0.2) is 68.9 Å². The molecule has 1 amide bonds. The van der Waals surface area contributed by atoms with Crippen molar-refractivity contribution in [1.29, 1.82) is 0 Å². The zero-order chi connectivity index (χ0) is 22.2. The molecular weight excluding hydrogens is 472 g/mol. The topological polar surface area (TPSA) is 54.6 Å². The number of hydrogen-bond donors (Lipinski definition) is 1. The fourth-order valence-electron chi connectivity index (χ4n) is 2.78. The van der Waals surface area contributed by atoms with Gasteiger partial charge in [0.05, 0.1) is 16.2 Å². The number of thioether (sulfide) groups is 1. The first-order valence-corrected chi connectivity index (χ1v) is 10.3. The normalized spacial score (nSPS) is 16.9. The average molecular weight is 483 g/mol. The summed E-state index contributed by atoms with van der Waals surface area (Å²) < 4.78 is 45.5. The van der Waals surface area contributed by atoms with Crippen LogP contribution in [0.4, 0.5) is 18.9 Å². The molecule has 0 saturated carbocycles. The third-order valence-corrected chi connectivity index (χ3v) is 5.53. The fourth-order valence-corrected chi connectivity index (χ4v) is 3.96. The van der Waals surface area contributed by atoms with E-state index in [1.807, 2.05) is 6.07 Å². The summed E-state index contributed by atoms with van der Waals surface area (Å²) in [6, 6.07) is 13.7. The fraction of sp³-hybridized carbons (Fsp3) is 0.0476. The maximum atomic E-state index is 13.3. The second kappa shape index (κ2) is 8.45. The molecule has 1 aliphatic rings. The van der Waals surface area contributed by atoms with Gasteiger partial charge in [0.15, 0.2) is 5.17 Å². The molecule has 0 atom stereocenters. The second-order valence-electron chi connectivity index (χ2n) is 6.35. The van der Waals surface area contributed by atoms with Crippen molar-refractivity contribution in [1.82, 2.24) is 5.32 Å². The number of amidine groups is 1. The first-order valence-electron chi connectivity index (χ1n) is 8.71. The van der Waals surface area contributed by atoms with E-state index in [4.69, 9.17) is 27.6 Å². The molecule has 1 fully saturated rings. The molecular formula is C21H11Cl2F3N2O2S. The van der Waals surface area contributed by atoms with E-state index < -0.39 is 17.6 Å². The number of carbonyl (C=O) groups is 1. The number of rotatable bonds is 3. The van der Waals surface area contributed by atoms with Crippen molar-refractivity contribution < 1.29 is 22.4 Å². The largest absolute Gasteiger partial charge is 0.457 e. The Labute approximate surface area is 188 Å². The van der Waals surface area contributed by atoms with Crippen LogP contribution in [-0.4, -0.2) is 11.1 Å². The minimum atomic E-state index is -4.64. The van der Waals surface area contributed by atoms with E-state index in [1.54, 1.807) is 30.3 Å². The van der Waals surface area contributed by atoms with Crippen LogP contribution in [0.5, 0.6) is 0 Å². The van der Waals surface area contributed by atoms with Gasteiger partial charge in [-0.2, -0.15) is 13.2 Å². The Morgan fingerprint density at radius 3 is 2.55 bits per heavy atom. The Hall–Kier alpha value is -2.68. The smallest absolute Gasteiger partial charge is 0.418 e. The molecule has 1 saturated heterocycles. The Morgan fingerprint density at radius 1 is 1.03 bits per heavy atom. The van der Waals surface area contributed by atoms with Crippen LogP contribution in [0.2, 0.25) is 10.0 Å². The molecule has 0 aliphatic carbocycles. The van der Waals surface area contributed by atoms with Gasteiger partial charge in [-0.3, -0.25) is 4.79 Å². The Kier molecular flexibility index (Phi) is 5.88. The predicted molar refractivity (Wildman–Crippen MR) is 116 cm³/mol. The highest BCUT2D eigenvalue weighted by atomic mass is 35.5. The highest BCUT2D eigenvalue weighted by Gasteiger charge is 2.34. The number of halogens is 5. The van der Waals surface area contributed by atoms with Gasteiger partial charge in [-0.15, -0.1) is 0 Å². The van der Waals surface area contributed by atoms with Gasteiger partial charge < -0.3 is 9.73 Å². The molecule has 3 aromatic rings. The number of nitrogens with one attached hydrogen (secondary N) is 1. The van der Waals surface area contributed by atoms with Gasteiger partial charge in [0.2, 0.25) is 0 Å². The standard InChI is InChI=1S/C21H11Cl2F3N2O2S/c22-12-3-1-2-11(8-12)17-7-5-14(30-17)10-18-19(29)28-20(31-18)27-16-6-4-13(23)9-15(16)21(24,25)26/h1-10H,(H,27,28,29). The van der Waals surface area contributed by atoms with Crippen molar-refractivity contribution in [2.75, 3.05) is 0 Å². The van der Waals surface area contributed by atoms with Crippen LogP contribution in [0.25, 0.3) is 17.4 Å². The summed E-state index contributed by atoms with van der Waals surface area (Å²) in [5.41, 5.74) is -0.565. The van der Waals surface area contributed by atoms with Crippen LogP contribution in [0, 0.1) is 0 Å². The molecule has 0 bridgehead atoms. The number of benzene rings is 2. The SMILES string of the molecule is O=C1NC(=Nc2ccc(Cl)cc2C(F)(F)F)SC1=Cc1ccc(-c2cccc(Cl)c2)o1. The summed E-state index contributed by atoms with van der Waals surface area (Å²) in [6.45, 7) is 0. The Bertz CT molecular complexity index is 1240. The number of amides is 1. The van der Waals surface area contributed by atoms with E-state index in [9.17, 15) is 18.0 Å². The lowest BCUT2D eigenvalue weighted by Gasteiger charge is -2.10. The number of aliphatic imine (C=N–C) groups is 1. The third kappa shape index (κ3) is 4.98. The summed E-state index contributed by atoms with van der Waals surface area (Å²) >= 11 is 12.6. The molecule has 0 radical (unpaired) electrons. The molecule has 31 heavy (non-hydrogen) atoms. The average Bonchev–Trinajstić information content (AvgIpc) is 3.29. The maximum Gasteiger partial charge on any atom is 0.418 e. The molecule has 4 rings (SSSR count). The van der Waals surface area contributed by atoms with Gasteiger partial charge in [0.25, 0.3) is 5.91 Å². The summed E-state index contributed by atoms with van der Waals surface area (Å²) in [5, 5.41) is 2.97. The van der Waals surface area contributed by atoms with Gasteiger partial charge in [-0.05, 0) is 54.2 Å². The van der Waals surface area contributed by atoms with Crippen molar-refractivity contribution in [3.63, 3.8) is 0 Å². The van der Waals surface area contributed by atoms with Crippen molar-refractivity contribution in [3.05, 3.63) is 80.9 Å². The highest BCUT2D eigenvalue weighted by Crippen LogP contribution is 2.39. The maximum absolute atomic E-state index is 13.3. The van der Waals surface area contributed by atoms with Crippen LogP contribution in [0.3, 0.4) is 0 Å². The summed E-state index contributed by atoms with van der Waals surface area (Å²) in [6.07, 6.45) is -3.15. The molecule has 0 spiro atoms. The quantitative estimate of drug-likeness (QED) is 0.402. The Balaban J connectivity index is 1.59. The first kappa shape index (κ1) is 21.5. The molecule has 2 heterocycles. The second-order valence-corrected chi connectivity index (χ2v) is 8.26. The van der Waals surface area contributed by atoms with Crippen molar-refractivity contribution in [3.8, 4) is 11.3 Å². The highest BCUT2D eigenvalue weighted by molar-refractivity contribution is 8.18. The number of hydrogen-bond acceptors (Lipinski definition) is 4. The monoisotopic (exact) mass is 482 g/mol. The van der Waals surface area contributed by atoms with E-state index in [0.29, 0.717) is 16.5 Å². The molecule has 0 unspecified atom stereocenters.